The minimum absolute atomic E-state index is 0.591. The summed E-state index contributed by atoms with van der Waals surface area (Å²) in [6.45, 7) is 5.96. The summed E-state index contributed by atoms with van der Waals surface area (Å²) in [5, 5.41) is 4.25. The predicted octanol–water partition coefficient (Wildman–Crippen LogP) is 3.29. The normalized spacial score (nSPS) is 20.8. The second-order valence-corrected chi connectivity index (χ2v) is 9.22. The van der Waals surface area contributed by atoms with Crippen molar-refractivity contribution in [2.45, 2.75) is 6.42 Å². The minimum atomic E-state index is 0.591. The van der Waals surface area contributed by atoms with Crippen LogP contribution in [0.15, 0.2) is 42.6 Å². The third kappa shape index (κ3) is 4.61. The Morgan fingerprint density at radius 1 is 1.09 bits per heavy atom. The highest BCUT2D eigenvalue weighted by Gasteiger charge is 2.36. The number of methoxy groups -OCH3 is 1. The first-order valence-corrected chi connectivity index (χ1v) is 11.8. The van der Waals surface area contributed by atoms with Gasteiger partial charge in [-0.05, 0) is 63.2 Å². The van der Waals surface area contributed by atoms with E-state index in [1.807, 2.05) is 37.5 Å². The number of likely N-dealkylation sites (tertiary alicyclic amines) is 1. The van der Waals surface area contributed by atoms with E-state index in [1.165, 1.54) is 30.6 Å². The second-order valence-electron chi connectivity index (χ2n) is 9.22. The Bertz CT molecular complexity index is 1100. The summed E-state index contributed by atoms with van der Waals surface area (Å²) in [7, 11) is 5.85. The molecule has 0 saturated carbocycles. The van der Waals surface area contributed by atoms with E-state index in [-0.39, 0.29) is 0 Å². The quantitative estimate of drug-likeness (QED) is 0.558. The summed E-state index contributed by atoms with van der Waals surface area (Å²) in [6.07, 6.45) is 3.13. The van der Waals surface area contributed by atoms with Gasteiger partial charge in [0.1, 0.15) is 12.4 Å². The number of aromatic nitrogens is 2. The maximum Gasteiger partial charge on any atom is 0.213 e. The minimum Gasteiger partial charge on any atom is -0.497 e. The fraction of sp³-hybridized carbons (Fsp3) is 0.462. The van der Waals surface area contributed by atoms with Gasteiger partial charge in [0.15, 0.2) is 0 Å². The number of likely N-dealkylation sites (N-methyl/N-ethyl adjacent to an activating group) is 1. The number of benzene rings is 1. The van der Waals surface area contributed by atoms with E-state index in [1.54, 1.807) is 7.11 Å². The van der Waals surface area contributed by atoms with Crippen LogP contribution in [0.4, 0.5) is 5.69 Å². The molecule has 174 valence electrons. The molecule has 7 nitrogen and oxygen atoms in total. The van der Waals surface area contributed by atoms with Crippen LogP contribution in [0.3, 0.4) is 0 Å². The zero-order chi connectivity index (χ0) is 22.8. The van der Waals surface area contributed by atoms with Crippen LogP contribution >= 0.6 is 0 Å². The van der Waals surface area contributed by atoms with Gasteiger partial charge >= 0.3 is 0 Å². The molecule has 0 spiro atoms. The Labute approximate surface area is 195 Å². The van der Waals surface area contributed by atoms with Crippen molar-refractivity contribution in [3.05, 3.63) is 42.6 Å². The number of rotatable bonds is 7. The van der Waals surface area contributed by atoms with Crippen molar-refractivity contribution in [1.82, 2.24) is 20.2 Å². The molecule has 2 atom stereocenters. The molecule has 33 heavy (non-hydrogen) atoms. The molecular formula is C26H33N5O2. The van der Waals surface area contributed by atoms with Crippen LogP contribution < -0.4 is 19.7 Å². The molecule has 2 aliphatic rings. The summed E-state index contributed by atoms with van der Waals surface area (Å²) in [5.41, 5.74) is 4.11. The highest BCUT2D eigenvalue weighted by atomic mass is 16.5. The molecule has 2 unspecified atom stereocenters. The number of hydrogen-bond acceptors (Lipinski definition) is 7. The van der Waals surface area contributed by atoms with E-state index in [0.29, 0.717) is 12.5 Å². The molecule has 2 saturated heterocycles. The first-order valence-electron chi connectivity index (χ1n) is 11.8. The predicted molar refractivity (Wildman–Crippen MR) is 132 cm³/mol. The number of piperidine rings is 1. The molecule has 2 fully saturated rings. The Morgan fingerprint density at radius 3 is 2.76 bits per heavy atom. The van der Waals surface area contributed by atoms with Crippen LogP contribution in [0, 0.1) is 11.8 Å². The van der Waals surface area contributed by atoms with Gasteiger partial charge in [0.05, 0.1) is 18.3 Å². The molecule has 1 aromatic carbocycles. The largest absolute Gasteiger partial charge is 0.497 e. The van der Waals surface area contributed by atoms with E-state index < -0.39 is 0 Å². The highest BCUT2D eigenvalue weighted by molar-refractivity contribution is 5.95. The van der Waals surface area contributed by atoms with E-state index in [0.717, 1.165) is 54.0 Å². The Hall–Kier alpha value is -2.90. The zero-order valence-electron chi connectivity index (χ0n) is 19.8. The lowest BCUT2D eigenvalue weighted by atomic mass is 9.89. The molecule has 7 heteroatoms. The Morgan fingerprint density at radius 2 is 1.97 bits per heavy atom. The molecule has 2 aliphatic heterocycles. The molecule has 1 N–H and O–H groups in total. The van der Waals surface area contributed by atoms with Crippen LogP contribution in [0.5, 0.6) is 11.6 Å². The van der Waals surface area contributed by atoms with E-state index in [9.17, 15) is 0 Å². The van der Waals surface area contributed by atoms with E-state index in [2.05, 4.69) is 39.3 Å². The fourth-order valence-electron chi connectivity index (χ4n) is 5.15. The van der Waals surface area contributed by atoms with E-state index >= 15 is 0 Å². The number of pyridine rings is 2. The van der Waals surface area contributed by atoms with Gasteiger partial charge < -0.3 is 24.6 Å². The molecule has 0 aliphatic carbocycles. The van der Waals surface area contributed by atoms with Crippen molar-refractivity contribution in [2.75, 3.05) is 65.4 Å². The van der Waals surface area contributed by atoms with Gasteiger partial charge in [-0.15, -0.1) is 0 Å². The average Bonchev–Trinajstić information content (AvgIpc) is 3.26. The van der Waals surface area contributed by atoms with Gasteiger partial charge in [0, 0.05) is 61.1 Å². The first-order chi connectivity index (χ1) is 16.1. The summed E-state index contributed by atoms with van der Waals surface area (Å²) >= 11 is 0. The summed E-state index contributed by atoms with van der Waals surface area (Å²) < 4.78 is 11.2. The van der Waals surface area contributed by atoms with Crippen LogP contribution in [0.1, 0.15) is 6.42 Å². The van der Waals surface area contributed by atoms with Crippen molar-refractivity contribution in [1.29, 1.82) is 0 Å². The summed E-state index contributed by atoms with van der Waals surface area (Å²) in [6, 6.07) is 12.4. The molecule has 5 rings (SSSR count). The average molecular weight is 448 g/mol. The highest BCUT2D eigenvalue weighted by Crippen LogP contribution is 2.39. The molecular weight excluding hydrogens is 414 g/mol. The third-order valence-electron chi connectivity index (χ3n) is 6.97. The van der Waals surface area contributed by atoms with Crippen molar-refractivity contribution >= 4 is 16.6 Å². The van der Waals surface area contributed by atoms with Gasteiger partial charge in [-0.3, -0.25) is 0 Å². The molecule has 2 aromatic heterocycles. The second kappa shape index (κ2) is 9.53. The zero-order valence-corrected chi connectivity index (χ0v) is 19.8. The first kappa shape index (κ1) is 21.9. The SMILES string of the molecule is CNCCOc1ccc(-c2cc(N3CC4CCN(C)CC4C3)c3ccc(OC)cc3n2)cn1. The smallest absolute Gasteiger partial charge is 0.213 e. The van der Waals surface area contributed by atoms with Crippen molar-refractivity contribution < 1.29 is 9.47 Å². The maximum absolute atomic E-state index is 5.68. The number of hydrogen-bond donors (Lipinski definition) is 1. The number of fused-ring (bicyclic) bond motifs is 2. The van der Waals surface area contributed by atoms with Crippen molar-refractivity contribution in [2.24, 2.45) is 11.8 Å². The van der Waals surface area contributed by atoms with Gasteiger partial charge in [-0.1, -0.05) is 0 Å². The molecule has 4 heterocycles. The molecule has 3 aromatic rings. The number of anilines is 1. The lowest BCUT2D eigenvalue weighted by Gasteiger charge is -2.31. The van der Waals surface area contributed by atoms with Crippen LogP contribution in [-0.4, -0.2) is 75.4 Å². The van der Waals surface area contributed by atoms with Crippen molar-refractivity contribution in [3.8, 4) is 22.9 Å². The third-order valence-corrected chi connectivity index (χ3v) is 6.97. The fourth-order valence-corrected chi connectivity index (χ4v) is 5.15. The van der Waals surface area contributed by atoms with Gasteiger partial charge in [0.25, 0.3) is 0 Å². The van der Waals surface area contributed by atoms with Gasteiger partial charge in [-0.2, -0.15) is 0 Å². The molecule has 0 bridgehead atoms. The number of ether oxygens (including phenoxy) is 2. The topological polar surface area (TPSA) is 62.8 Å². The van der Waals surface area contributed by atoms with E-state index in [4.69, 9.17) is 14.5 Å². The van der Waals surface area contributed by atoms with Crippen LogP contribution in [0.2, 0.25) is 0 Å². The maximum atomic E-state index is 5.68. The van der Waals surface area contributed by atoms with Crippen LogP contribution in [-0.2, 0) is 0 Å². The van der Waals surface area contributed by atoms with Crippen LogP contribution in [0.25, 0.3) is 22.2 Å². The van der Waals surface area contributed by atoms with Crippen molar-refractivity contribution in [3.63, 3.8) is 0 Å². The summed E-state index contributed by atoms with van der Waals surface area (Å²) in [4.78, 5) is 14.5. The van der Waals surface area contributed by atoms with Gasteiger partial charge in [0.2, 0.25) is 5.88 Å². The lowest BCUT2D eigenvalue weighted by Crippen LogP contribution is -2.37. The van der Waals surface area contributed by atoms with Gasteiger partial charge in [-0.25, -0.2) is 9.97 Å². The molecule has 0 radical (unpaired) electrons. The lowest BCUT2D eigenvalue weighted by molar-refractivity contribution is 0.178. The Kier molecular flexibility index (Phi) is 6.33. The molecule has 0 amide bonds. The monoisotopic (exact) mass is 447 g/mol. The summed E-state index contributed by atoms with van der Waals surface area (Å²) in [5.74, 6) is 2.94. The number of nitrogens with one attached hydrogen (secondary N) is 1. The Balaban J connectivity index is 1.49. The standard InChI is InChI=1S/C26H33N5O2/c1-27-9-11-33-26-7-4-18(14-28-26)23-13-25(22-6-5-21(32-3)12-24(22)29-23)31-16-19-8-10-30(2)15-20(19)17-31/h4-7,12-14,19-20,27H,8-11,15-17H2,1-3H3. The number of nitrogens with zero attached hydrogens (tertiary/aromatic N) is 4.